The Morgan fingerprint density at radius 3 is 2.56 bits per heavy atom. The molecule has 0 spiro atoms. The minimum absolute atomic E-state index is 0.0187. The van der Waals surface area contributed by atoms with Crippen LogP contribution >= 0.6 is 11.8 Å². The molecule has 0 amide bonds. The van der Waals surface area contributed by atoms with Crippen LogP contribution in [0.2, 0.25) is 0 Å². The second kappa shape index (κ2) is 4.89. The summed E-state index contributed by atoms with van der Waals surface area (Å²) in [6.07, 6.45) is 2.60. The maximum Gasteiger partial charge on any atom is 0.305 e. The molecule has 1 atom stereocenters. The van der Waals surface area contributed by atoms with Gasteiger partial charge in [0.15, 0.2) is 0 Å². The summed E-state index contributed by atoms with van der Waals surface area (Å²) in [5.41, 5.74) is 6.66. The summed E-state index contributed by atoms with van der Waals surface area (Å²) in [6, 6.07) is 7.51. The minimum atomic E-state index is -0.857. The minimum Gasteiger partial charge on any atom is -0.481 e. The molecule has 86 valence electrons. The van der Waals surface area contributed by atoms with E-state index in [0.717, 1.165) is 10.8 Å². The fourth-order valence-electron chi connectivity index (χ4n) is 1.48. The molecule has 0 aromatic heterocycles. The second-order valence-electron chi connectivity index (χ2n) is 4.09. The first-order valence-electron chi connectivity index (χ1n) is 5.39. The fourth-order valence-corrected chi connectivity index (χ4v) is 2.53. The van der Waals surface area contributed by atoms with Gasteiger partial charge in [0.1, 0.15) is 0 Å². The topological polar surface area (TPSA) is 63.3 Å². The molecule has 0 heterocycles. The molecule has 0 saturated heterocycles. The molecule has 1 saturated carbocycles. The Bertz CT molecular complexity index is 373. The van der Waals surface area contributed by atoms with Crippen molar-refractivity contribution in [2.75, 3.05) is 0 Å². The molecule has 3 N–H and O–H groups in total. The van der Waals surface area contributed by atoms with E-state index < -0.39 is 12.0 Å². The van der Waals surface area contributed by atoms with Gasteiger partial charge >= 0.3 is 5.97 Å². The largest absolute Gasteiger partial charge is 0.481 e. The predicted molar refractivity (Wildman–Crippen MR) is 64.5 cm³/mol. The standard InChI is InChI=1S/C12H15NO2S/c13-11(7-12(14)15)8-1-3-9(4-2-8)16-10-5-6-10/h1-4,10-11H,5-7,13H2,(H,14,15). The summed E-state index contributed by atoms with van der Waals surface area (Å²) in [5.74, 6) is -0.857. The highest BCUT2D eigenvalue weighted by molar-refractivity contribution is 8.00. The summed E-state index contributed by atoms with van der Waals surface area (Å²) >= 11 is 1.89. The molecular weight excluding hydrogens is 222 g/mol. The van der Waals surface area contributed by atoms with Gasteiger partial charge in [-0.15, -0.1) is 11.8 Å². The Hall–Kier alpha value is -1.00. The first kappa shape index (κ1) is 11.5. The van der Waals surface area contributed by atoms with Gasteiger partial charge in [0.25, 0.3) is 0 Å². The lowest BCUT2D eigenvalue weighted by atomic mass is 10.1. The third-order valence-corrected chi connectivity index (χ3v) is 3.88. The molecule has 0 aliphatic heterocycles. The zero-order valence-electron chi connectivity index (χ0n) is 8.93. The van der Waals surface area contributed by atoms with Crippen molar-refractivity contribution < 1.29 is 9.90 Å². The van der Waals surface area contributed by atoms with E-state index in [-0.39, 0.29) is 6.42 Å². The molecule has 0 radical (unpaired) electrons. The summed E-state index contributed by atoms with van der Waals surface area (Å²) in [5, 5.41) is 9.43. The van der Waals surface area contributed by atoms with Gasteiger partial charge in [-0.1, -0.05) is 12.1 Å². The van der Waals surface area contributed by atoms with Gasteiger partial charge in [-0.05, 0) is 30.5 Å². The number of rotatable bonds is 5. The monoisotopic (exact) mass is 237 g/mol. The van der Waals surface area contributed by atoms with E-state index in [9.17, 15) is 4.79 Å². The summed E-state index contributed by atoms with van der Waals surface area (Å²) in [7, 11) is 0. The molecule has 1 aromatic rings. The first-order valence-corrected chi connectivity index (χ1v) is 6.27. The van der Waals surface area contributed by atoms with Gasteiger partial charge in [0.05, 0.1) is 6.42 Å². The number of hydrogen-bond acceptors (Lipinski definition) is 3. The van der Waals surface area contributed by atoms with Crippen LogP contribution in [0.4, 0.5) is 0 Å². The van der Waals surface area contributed by atoms with Crippen LogP contribution in [0, 0.1) is 0 Å². The van der Waals surface area contributed by atoms with Crippen molar-refractivity contribution in [1.29, 1.82) is 0 Å². The maximum absolute atomic E-state index is 10.5. The quantitative estimate of drug-likeness (QED) is 0.825. The Balaban J connectivity index is 1.97. The number of thioether (sulfide) groups is 1. The van der Waals surface area contributed by atoms with Gasteiger partial charge < -0.3 is 10.8 Å². The van der Waals surface area contributed by atoms with Crippen molar-refractivity contribution >= 4 is 17.7 Å². The zero-order chi connectivity index (χ0) is 11.5. The second-order valence-corrected chi connectivity index (χ2v) is 5.46. The van der Waals surface area contributed by atoms with Crippen LogP contribution in [0.15, 0.2) is 29.2 Å². The molecule has 1 aliphatic carbocycles. The molecule has 0 bridgehead atoms. The average Bonchev–Trinajstić information content (AvgIpc) is 3.01. The number of carbonyl (C=O) groups is 1. The Kier molecular flexibility index (Phi) is 3.51. The first-order chi connectivity index (χ1) is 7.65. The number of aliphatic carboxylic acids is 1. The molecule has 3 nitrogen and oxygen atoms in total. The Labute approximate surface area is 99.0 Å². The van der Waals surface area contributed by atoms with Gasteiger partial charge in [-0.3, -0.25) is 4.79 Å². The molecule has 2 rings (SSSR count). The van der Waals surface area contributed by atoms with Crippen LogP contribution in [0.5, 0.6) is 0 Å². The molecule has 1 unspecified atom stereocenters. The molecule has 1 aromatic carbocycles. The summed E-state index contributed by atoms with van der Waals surface area (Å²) in [4.78, 5) is 11.8. The predicted octanol–water partition coefficient (Wildman–Crippen LogP) is 2.42. The SMILES string of the molecule is NC(CC(=O)O)c1ccc(SC2CC2)cc1. The third-order valence-electron chi connectivity index (χ3n) is 2.53. The van der Waals surface area contributed by atoms with Crippen LogP contribution < -0.4 is 5.73 Å². The number of benzene rings is 1. The van der Waals surface area contributed by atoms with Gasteiger partial charge in [0.2, 0.25) is 0 Å². The smallest absolute Gasteiger partial charge is 0.305 e. The van der Waals surface area contributed by atoms with Crippen molar-refractivity contribution in [3.8, 4) is 0 Å². The molecule has 4 heteroatoms. The van der Waals surface area contributed by atoms with E-state index in [1.807, 2.05) is 36.0 Å². The van der Waals surface area contributed by atoms with Gasteiger partial charge in [0, 0.05) is 16.2 Å². The van der Waals surface area contributed by atoms with E-state index in [1.54, 1.807) is 0 Å². The van der Waals surface area contributed by atoms with Crippen LogP contribution in [0.3, 0.4) is 0 Å². The van der Waals surface area contributed by atoms with E-state index in [2.05, 4.69) is 0 Å². The van der Waals surface area contributed by atoms with Crippen LogP contribution in [-0.4, -0.2) is 16.3 Å². The van der Waals surface area contributed by atoms with Gasteiger partial charge in [-0.2, -0.15) is 0 Å². The molecule has 1 fully saturated rings. The van der Waals surface area contributed by atoms with Crippen LogP contribution in [0.25, 0.3) is 0 Å². The number of nitrogens with two attached hydrogens (primary N) is 1. The Morgan fingerprint density at radius 1 is 1.44 bits per heavy atom. The zero-order valence-corrected chi connectivity index (χ0v) is 9.74. The lowest BCUT2D eigenvalue weighted by Crippen LogP contribution is -2.14. The Morgan fingerprint density at radius 2 is 2.06 bits per heavy atom. The van der Waals surface area contributed by atoms with Crippen molar-refractivity contribution in [3.63, 3.8) is 0 Å². The van der Waals surface area contributed by atoms with E-state index in [1.165, 1.54) is 17.7 Å². The van der Waals surface area contributed by atoms with Gasteiger partial charge in [-0.25, -0.2) is 0 Å². The molecular formula is C12H15NO2S. The number of carboxylic acids is 1. The van der Waals surface area contributed by atoms with Crippen LogP contribution in [-0.2, 0) is 4.79 Å². The number of carboxylic acid groups (broad SMARTS) is 1. The van der Waals surface area contributed by atoms with E-state index >= 15 is 0 Å². The van der Waals surface area contributed by atoms with E-state index in [0.29, 0.717) is 0 Å². The van der Waals surface area contributed by atoms with Crippen molar-refractivity contribution in [1.82, 2.24) is 0 Å². The third kappa shape index (κ3) is 3.25. The summed E-state index contributed by atoms with van der Waals surface area (Å²) in [6.45, 7) is 0. The highest BCUT2D eigenvalue weighted by atomic mass is 32.2. The van der Waals surface area contributed by atoms with Crippen molar-refractivity contribution in [2.45, 2.75) is 35.4 Å². The normalized spacial score (nSPS) is 17.1. The summed E-state index contributed by atoms with van der Waals surface area (Å²) < 4.78 is 0. The lowest BCUT2D eigenvalue weighted by Gasteiger charge is -2.09. The highest BCUT2D eigenvalue weighted by Gasteiger charge is 2.22. The average molecular weight is 237 g/mol. The van der Waals surface area contributed by atoms with E-state index in [4.69, 9.17) is 10.8 Å². The van der Waals surface area contributed by atoms with Crippen LogP contribution in [0.1, 0.15) is 30.9 Å². The maximum atomic E-state index is 10.5. The molecule has 16 heavy (non-hydrogen) atoms. The fraction of sp³-hybridized carbons (Fsp3) is 0.417. The van der Waals surface area contributed by atoms with Crippen molar-refractivity contribution in [2.24, 2.45) is 5.73 Å². The highest BCUT2D eigenvalue weighted by Crippen LogP contribution is 2.39. The van der Waals surface area contributed by atoms with Crippen molar-refractivity contribution in [3.05, 3.63) is 29.8 Å². The molecule has 1 aliphatic rings. The number of hydrogen-bond donors (Lipinski definition) is 2. The lowest BCUT2D eigenvalue weighted by molar-refractivity contribution is -0.137.